The lowest BCUT2D eigenvalue weighted by atomic mass is 10.2. The highest BCUT2D eigenvalue weighted by Gasteiger charge is 2.11. The Morgan fingerprint density at radius 3 is 2.95 bits per heavy atom. The van der Waals surface area contributed by atoms with E-state index < -0.39 is 0 Å². The molecule has 2 heterocycles. The van der Waals surface area contributed by atoms with Gasteiger partial charge in [-0.15, -0.1) is 11.8 Å². The number of carbonyl (C=O) groups is 1. The van der Waals surface area contributed by atoms with Gasteiger partial charge in [-0.3, -0.25) is 9.89 Å². The van der Waals surface area contributed by atoms with Crippen molar-refractivity contribution in [2.24, 2.45) is 0 Å². The molecule has 0 unspecified atom stereocenters. The van der Waals surface area contributed by atoms with Crippen molar-refractivity contribution in [2.45, 2.75) is 32.9 Å². The molecule has 0 aliphatic heterocycles. The van der Waals surface area contributed by atoms with Crippen LogP contribution >= 0.6 is 11.8 Å². The summed E-state index contributed by atoms with van der Waals surface area (Å²) in [5, 5.41) is 13.4. The lowest BCUT2D eigenvalue weighted by molar-refractivity contribution is -0.113. The second-order valence-electron chi connectivity index (χ2n) is 4.47. The van der Waals surface area contributed by atoms with Crippen LogP contribution in [-0.4, -0.2) is 27.0 Å². The fraction of sp³-hybridized carbons (Fsp3) is 0.462. The molecule has 108 valence electrons. The van der Waals surface area contributed by atoms with Crippen LogP contribution in [0.2, 0.25) is 0 Å². The average molecular weight is 294 g/mol. The van der Waals surface area contributed by atoms with Gasteiger partial charge in [0, 0.05) is 16.9 Å². The molecule has 0 aromatic carbocycles. The Kier molecular flexibility index (Phi) is 4.84. The Balaban J connectivity index is 1.81. The van der Waals surface area contributed by atoms with E-state index in [0.29, 0.717) is 11.6 Å². The number of thioether (sulfide) groups is 1. The Hall–Kier alpha value is -1.76. The number of hydrogen-bond donors (Lipinski definition) is 2. The number of anilines is 1. The molecule has 20 heavy (non-hydrogen) atoms. The van der Waals surface area contributed by atoms with E-state index in [1.165, 1.54) is 11.8 Å². The molecule has 0 saturated carbocycles. The molecule has 2 rings (SSSR count). The highest BCUT2D eigenvalue weighted by Crippen LogP contribution is 2.19. The maximum atomic E-state index is 11.9. The fourth-order valence-corrected chi connectivity index (χ4v) is 2.79. The summed E-state index contributed by atoms with van der Waals surface area (Å²) in [6.07, 6.45) is 2.56. The van der Waals surface area contributed by atoms with Gasteiger partial charge < -0.3 is 9.84 Å². The number of hydrogen-bond acceptors (Lipinski definition) is 5. The second-order valence-corrected chi connectivity index (χ2v) is 5.45. The van der Waals surface area contributed by atoms with Gasteiger partial charge in [0.1, 0.15) is 11.6 Å². The molecule has 7 heteroatoms. The number of aryl methyl sites for hydroxylation is 3. The molecule has 0 radical (unpaired) electrons. The number of aromatic nitrogens is 3. The normalized spacial score (nSPS) is 10.8. The first-order valence-electron chi connectivity index (χ1n) is 6.43. The van der Waals surface area contributed by atoms with Crippen molar-refractivity contribution < 1.29 is 9.32 Å². The van der Waals surface area contributed by atoms with E-state index in [1.807, 2.05) is 20.8 Å². The monoisotopic (exact) mass is 294 g/mol. The van der Waals surface area contributed by atoms with Crippen molar-refractivity contribution in [3.05, 3.63) is 28.8 Å². The van der Waals surface area contributed by atoms with Gasteiger partial charge in [-0.05, 0) is 20.3 Å². The number of H-pyrrole nitrogens is 1. The molecule has 0 spiro atoms. The summed E-state index contributed by atoms with van der Waals surface area (Å²) in [6, 6.07) is 0. The predicted molar refractivity (Wildman–Crippen MR) is 78.7 cm³/mol. The minimum Gasteiger partial charge on any atom is -0.361 e. The van der Waals surface area contributed by atoms with E-state index in [-0.39, 0.29) is 5.91 Å². The number of aromatic amines is 1. The summed E-state index contributed by atoms with van der Waals surface area (Å²) in [5.41, 5.74) is 2.96. The van der Waals surface area contributed by atoms with E-state index in [4.69, 9.17) is 4.52 Å². The molecular formula is C13H18N4O2S. The summed E-state index contributed by atoms with van der Waals surface area (Å²) in [5.74, 6) is 2.57. The zero-order valence-corrected chi connectivity index (χ0v) is 12.6. The summed E-state index contributed by atoms with van der Waals surface area (Å²) in [6.45, 7) is 5.81. The van der Waals surface area contributed by atoms with Crippen LogP contribution in [0.5, 0.6) is 0 Å². The first-order valence-corrected chi connectivity index (χ1v) is 7.58. The number of amides is 1. The first kappa shape index (κ1) is 14.6. The van der Waals surface area contributed by atoms with Gasteiger partial charge >= 0.3 is 0 Å². The number of rotatable bonds is 6. The van der Waals surface area contributed by atoms with Crippen molar-refractivity contribution in [1.82, 2.24) is 15.4 Å². The Labute approximate surface area is 121 Å². The molecule has 0 aliphatic rings. The zero-order valence-electron chi connectivity index (χ0n) is 11.8. The number of carbonyl (C=O) groups excluding carboxylic acids is 1. The fourth-order valence-electron chi connectivity index (χ4n) is 1.82. The molecule has 6 nitrogen and oxygen atoms in total. The zero-order chi connectivity index (χ0) is 14.5. The molecular weight excluding hydrogens is 276 g/mol. The molecule has 0 saturated heterocycles. The smallest absolute Gasteiger partial charge is 0.235 e. The average Bonchev–Trinajstić information content (AvgIpc) is 2.99. The minimum absolute atomic E-state index is 0.0410. The third-order valence-electron chi connectivity index (χ3n) is 3.02. The highest BCUT2D eigenvalue weighted by atomic mass is 32.2. The van der Waals surface area contributed by atoms with Crippen molar-refractivity contribution in [3.63, 3.8) is 0 Å². The van der Waals surface area contributed by atoms with E-state index >= 15 is 0 Å². The van der Waals surface area contributed by atoms with Crippen molar-refractivity contribution in [2.75, 3.05) is 11.1 Å². The number of nitrogens with zero attached hydrogens (tertiary/aromatic N) is 2. The van der Waals surface area contributed by atoms with Gasteiger partial charge in [-0.2, -0.15) is 5.10 Å². The molecule has 0 bridgehead atoms. The molecule has 2 N–H and O–H groups in total. The Morgan fingerprint density at radius 1 is 1.50 bits per heavy atom. The molecule has 2 aromatic heterocycles. The van der Waals surface area contributed by atoms with Crippen LogP contribution in [0.3, 0.4) is 0 Å². The van der Waals surface area contributed by atoms with E-state index in [0.717, 1.165) is 34.8 Å². The van der Waals surface area contributed by atoms with Crippen LogP contribution in [0.25, 0.3) is 0 Å². The quantitative estimate of drug-likeness (QED) is 0.855. The molecule has 0 aliphatic carbocycles. The summed E-state index contributed by atoms with van der Waals surface area (Å²) in [4.78, 5) is 11.9. The van der Waals surface area contributed by atoms with Gasteiger partial charge in [0.25, 0.3) is 0 Å². The van der Waals surface area contributed by atoms with Crippen LogP contribution < -0.4 is 5.32 Å². The van der Waals surface area contributed by atoms with Gasteiger partial charge in [0.2, 0.25) is 5.91 Å². The predicted octanol–water partition coefficient (Wildman–Crippen LogP) is 2.45. The molecule has 1 amide bonds. The third kappa shape index (κ3) is 3.41. The van der Waals surface area contributed by atoms with Crippen LogP contribution in [0.4, 0.5) is 5.82 Å². The van der Waals surface area contributed by atoms with Crippen LogP contribution in [0.15, 0.2) is 10.7 Å². The SMILES string of the molecule is CCc1cn[nH]c1NC(=O)CSCc1c(C)noc1C. The minimum atomic E-state index is -0.0410. The van der Waals surface area contributed by atoms with E-state index in [2.05, 4.69) is 20.7 Å². The lowest BCUT2D eigenvalue weighted by Gasteiger charge is -2.04. The van der Waals surface area contributed by atoms with Crippen molar-refractivity contribution >= 4 is 23.5 Å². The number of nitrogens with one attached hydrogen (secondary N) is 2. The highest BCUT2D eigenvalue weighted by molar-refractivity contribution is 7.99. The van der Waals surface area contributed by atoms with Crippen LogP contribution in [0, 0.1) is 13.8 Å². The summed E-state index contributed by atoms with van der Waals surface area (Å²) in [7, 11) is 0. The van der Waals surface area contributed by atoms with E-state index in [1.54, 1.807) is 6.20 Å². The van der Waals surface area contributed by atoms with Gasteiger partial charge in [0.15, 0.2) is 0 Å². The standard InChI is InChI=1S/C13H18N4O2S/c1-4-10-5-14-16-13(10)15-12(18)7-20-6-11-8(2)17-19-9(11)3/h5H,4,6-7H2,1-3H3,(H2,14,15,16,18). The topological polar surface area (TPSA) is 83.8 Å². The maximum absolute atomic E-state index is 11.9. The van der Waals surface area contributed by atoms with E-state index in [9.17, 15) is 4.79 Å². The second kappa shape index (κ2) is 6.60. The molecule has 2 aromatic rings. The third-order valence-corrected chi connectivity index (χ3v) is 3.98. The van der Waals surface area contributed by atoms with Crippen LogP contribution in [-0.2, 0) is 17.0 Å². The van der Waals surface area contributed by atoms with Gasteiger partial charge in [-0.1, -0.05) is 12.1 Å². The van der Waals surface area contributed by atoms with Gasteiger partial charge in [0.05, 0.1) is 17.6 Å². The Morgan fingerprint density at radius 2 is 2.30 bits per heavy atom. The van der Waals surface area contributed by atoms with Crippen molar-refractivity contribution in [1.29, 1.82) is 0 Å². The maximum Gasteiger partial charge on any atom is 0.235 e. The summed E-state index contributed by atoms with van der Waals surface area (Å²) >= 11 is 1.54. The van der Waals surface area contributed by atoms with Crippen molar-refractivity contribution in [3.8, 4) is 0 Å². The summed E-state index contributed by atoms with van der Waals surface area (Å²) < 4.78 is 5.09. The van der Waals surface area contributed by atoms with Gasteiger partial charge in [-0.25, -0.2) is 0 Å². The Bertz CT molecular complexity index is 571. The van der Waals surface area contributed by atoms with Crippen LogP contribution in [0.1, 0.15) is 29.5 Å². The molecule has 0 fully saturated rings. The largest absolute Gasteiger partial charge is 0.361 e. The lowest BCUT2D eigenvalue weighted by Crippen LogP contribution is -2.15. The molecule has 0 atom stereocenters. The first-order chi connectivity index (χ1) is 9.61.